The molecule has 18 heavy (non-hydrogen) atoms. The van der Waals surface area contributed by atoms with Crippen LogP contribution < -0.4 is 10.6 Å². The van der Waals surface area contributed by atoms with Crippen LogP contribution in [0.1, 0.15) is 18.5 Å². The molecule has 0 aliphatic heterocycles. The van der Waals surface area contributed by atoms with Gasteiger partial charge in [0, 0.05) is 18.8 Å². The molecular formula is C15H17ClN2. The summed E-state index contributed by atoms with van der Waals surface area (Å²) in [7, 11) is 2.00. The Bertz CT molecular complexity index is 523. The zero-order chi connectivity index (χ0) is 13.1. The summed E-state index contributed by atoms with van der Waals surface area (Å²) in [4.78, 5) is 2.06. The van der Waals surface area contributed by atoms with E-state index in [1.54, 1.807) is 0 Å². The van der Waals surface area contributed by atoms with E-state index in [2.05, 4.69) is 17.0 Å². The summed E-state index contributed by atoms with van der Waals surface area (Å²) < 4.78 is 0. The van der Waals surface area contributed by atoms with Gasteiger partial charge in [-0.25, -0.2) is 0 Å². The summed E-state index contributed by atoms with van der Waals surface area (Å²) in [6, 6.07) is 16.1. The highest BCUT2D eigenvalue weighted by atomic mass is 35.5. The highest BCUT2D eigenvalue weighted by Crippen LogP contribution is 2.32. The molecule has 1 unspecified atom stereocenters. The number of para-hydroxylation sites is 1. The van der Waals surface area contributed by atoms with Crippen molar-refractivity contribution in [3.05, 3.63) is 59.1 Å². The lowest BCUT2D eigenvalue weighted by Crippen LogP contribution is -2.11. The Balaban J connectivity index is 2.34. The van der Waals surface area contributed by atoms with Crippen molar-refractivity contribution in [2.24, 2.45) is 5.73 Å². The van der Waals surface area contributed by atoms with Crippen molar-refractivity contribution in [1.29, 1.82) is 0 Å². The van der Waals surface area contributed by atoms with E-state index in [9.17, 15) is 0 Å². The van der Waals surface area contributed by atoms with Crippen LogP contribution in [0.25, 0.3) is 0 Å². The molecular weight excluding hydrogens is 244 g/mol. The fraction of sp³-hybridized carbons (Fsp3) is 0.200. The van der Waals surface area contributed by atoms with Gasteiger partial charge in [-0.3, -0.25) is 0 Å². The Morgan fingerprint density at radius 2 is 1.78 bits per heavy atom. The first kappa shape index (κ1) is 12.9. The van der Waals surface area contributed by atoms with Crippen LogP contribution in [0.3, 0.4) is 0 Å². The molecule has 0 spiro atoms. The van der Waals surface area contributed by atoms with Gasteiger partial charge in [0.2, 0.25) is 0 Å². The molecule has 0 heterocycles. The van der Waals surface area contributed by atoms with E-state index in [1.165, 1.54) is 0 Å². The second-order valence-corrected chi connectivity index (χ2v) is 4.80. The molecule has 2 N–H and O–H groups in total. The Hall–Kier alpha value is -1.51. The molecule has 94 valence electrons. The second kappa shape index (κ2) is 5.42. The molecule has 0 saturated heterocycles. The maximum Gasteiger partial charge on any atom is 0.0646 e. The van der Waals surface area contributed by atoms with Crippen LogP contribution in [0.5, 0.6) is 0 Å². The first-order valence-corrected chi connectivity index (χ1v) is 6.31. The highest BCUT2D eigenvalue weighted by Gasteiger charge is 2.09. The van der Waals surface area contributed by atoms with Crippen LogP contribution in [0.15, 0.2) is 48.5 Å². The third-order valence-corrected chi connectivity index (χ3v) is 3.31. The normalized spacial score (nSPS) is 12.2. The topological polar surface area (TPSA) is 29.3 Å². The fourth-order valence-electron chi connectivity index (χ4n) is 1.87. The van der Waals surface area contributed by atoms with Crippen molar-refractivity contribution in [3.63, 3.8) is 0 Å². The van der Waals surface area contributed by atoms with Crippen LogP contribution >= 0.6 is 11.6 Å². The molecule has 0 fully saturated rings. The van der Waals surface area contributed by atoms with E-state index >= 15 is 0 Å². The minimum absolute atomic E-state index is 0.00131. The number of rotatable bonds is 3. The number of hydrogen-bond donors (Lipinski definition) is 1. The van der Waals surface area contributed by atoms with Crippen LogP contribution in [0.2, 0.25) is 5.02 Å². The largest absolute Gasteiger partial charge is 0.343 e. The van der Waals surface area contributed by atoms with Crippen molar-refractivity contribution in [1.82, 2.24) is 0 Å². The molecule has 0 aliphatic rings. The van der Waals surface area contributed by atoms with Crippen LogP contribution in [-0.2, 0) is 0 Å². The van der Waals surface area contributed by atoms with E-state index in [0.29, 0.717) is 0 Å². The maximum absolute atomic E-state index is 6.32. The number of anilines is 2. The van der Waals surface area contributed by atoms with Crippen LogP contribution in [-0.4, -0.2) is 7.05 Å². The quantitative estimate of drug-likeness (QED) is 0.899. The van der Waals surface area contributed by atoms with Crippen molar-refractivity contribution in [2.75, 3.05) is 11.9 Å². The third-order valence-electron chi connectivity index (χ3n) is 3.00. The predicted octanol–water partition coefficient (Wildman–Crippen LogP) is 4.13. The zero-order valence-corrected chi connectivity index (χ0v) is 11.4. The first-order chi connectivity index (χ1) is 8.59. The average Bonchev–Trinajstić information content (AvgIpc) is 2.38. The number of benzene rings is 2. The lowest BCUT2D eigenvalue weighted by Gasteiger charge is -2.21. The Kier molecular flexibility index (Phi) is 3.90. The Morgan fingerprint density at radius 3 is 2.33 bits per heavy atom. The monoisotopic (exact) mass is 260 g/mol. The molecule has 2 aromatic rings. The standard InChI is InChI=1S/C15H17ClN2/c1-11(17)12-8-9-15(14(16)10-12)18(2)13-6-4-3-5-7-13/h3-11H,17H2,1-2H3. The summed E-state index contributed by atoms with van der Waals surface area (Å²) in [5.41, 5.74) is 8.98. The van der Waals surface area contributed by atoms with Crippen molar-refractivity contribution >= 4 is 23.0 Å². The smallest absolute Gasteiger partial charge is 0.0646 e. The van der Waals surface area contributed by atoms with Gasteiger partial charge >= 0.3 is 0 Å². The van der Waals surface area contributed by atoms with E-state index in [4.69, 9.17) is 17.3 Å². The Morgan fingerprint density at radius 1 is 1.11 bits per heavy atom. The first-order valence-electron chi connectivity index (χ1n) is 5.93. The van der Waals surface area contributed by atoms with E-state index in [0.717, 1.165) is 22.0 Å². The molecule has 0 bridgehead atoms. The van der Waals surface area contributed by atoms with Gasteiger partial charge in [-0.1, -0.05) is 35.9 Å². The van der Waals surface area contributed by atoms with Gasteiger partial charge in [-0.2, -0.15) is 0 Å². The molecule has 0 aliphatic carbocycles. The highest BCUT2D eigenvalue weighted by molar-refractivity contribution is 6.33. The second-order valence-electron chi connectivity index (χ2n) is 4.39. The molecule has 2 rings (SSSR count). The zero-order valence-electron chi connectivity index (χ0n) is 10.6. The van der Waals surface area contributed by atoms with Crippen LogP contribution in [0, 0.1) is 0 Å². The van der Waals surface area contributed by atoms with E-state index in [-0.39, 0.29) is 6.04 Å². The minimum atomic E-state index is -0.00131. The third kappa shape index (κ3) is 2.66. The summed E-state index contributed by atoms with van der Waals surface area (Å²) >= 11 is 6.32. The minimum Gasteiger partial charge on any atom is -0.343 e. The number of nitrogens with zero attached hydrogens (tertiary/aromatic N) is 1. The van der Waals surface area contributed by atoms with Crippen molar-refractivity contribution in [3.8, 4) is 0 Å². The molecule has 0 saturated carbocycles. The number of hydrogen-bond acceptors (Lipinski definition) is 2. The predicted molar refractivity (Wildman–Crippen MR) is 78.6 cm³/mol. The van der Waals surface area contributed by atoms with Gasteiger partial charge in [0.25, 0.3) is 0 Å². The van der Waals surface area contributed by atoms with Crippen molar-refractivity contribution < 1.29 is 0 Å². The van der Waals surface area contributed by atoms with Gasteiger partial charge in [0.1, 0.15) is 0 Å². The lowest BCUT2D eigenvalue weighted by molar-refractivity contribution is 0.818. The van der Waals surface area contributed by atoms with Gasteiger partial charge in [-0.05, 0) is 36.8 Å². The maximum atomic E-state index is 6.32. The summed E-state index contributed by atoms with van der Waals surface area (Å²) in [5, 5.41) is 0.719. The molecule has 2 nitrogen and oxygen atoms in total. The summed E-state index contributed by atoms with van der Waals surface area (Å²) in [5.74, 6) is 0. The van der Waals surface area contributed by atoms with Gasteiger partial charge in [0.15, 0.2) is 0 Å². The molecule has 0 radical (unpaired) electrons. The summed E-state index contributed by atoms with van der Waals surface area (Å²) in [6.45, 7) is 1.95. The van der Waals surface area contributed by atoms with Gasteiger partial charge in [-0.15, -0.1) is 0 Å². The number of halogens is 1. The average molecular weight is 261 g/mol. The van der Waals surface area contributed by atoms with Crippen molar-refractivity contribution in [2.45, 2.75) is 13.0 Å². The summed E-state index contributed by atoms with van der Waals surface area (Å²) in [6.07, 6.45) is 0. The fourth-order valence-corrected chi connectivity index (χ4v) is 2.18. The van der Waals surface area contributed by atoms with E-state index < -0.39 is 0 Å². The van der Waals surface area contributed by atoms with Gasteiger partial charge < -0.3 is 10.6 Å². The lowest BCUT2D eigenvalue weighted by atomic mass is 10.1. The molecule has 0 aromatic heterocycles. The molecule has 0 amide bonds. The number of nitrogens with two attached hydrogens (primary N) is 1. The van der Waals surface area contributed by atoms with Gasteiger partial charge in [0.05, 0.1) is 10.7 Å². The molecule has 1 atom stereocenters. The van der Waals surface area contributed by atoms with Crippen LogP contribution in [0.4, 0.5) is 11.4 Å². The molecule has 2 aromatic carbocycles. The SMILES string of the molecule is CC(N)c1ccc(N(C)c2ccccc2)c(Cl)c1. The molecule has 3 heteroatoms. The Labute approximate surface area is 113 Å². The van der Waals surface area contributed by atoms with E-state index in [1.807, 2.05) is 50.4 Å².